The molecular formula is C16H17N3O2. The smallest absolute Gasteiger partial charge is 0.427 e. The minimum Gasteiger partial charge on any atom is -0.449 e. The zero-order valence-corrected chi connectivity index (χ0v) is 11.7. The number of benzene rings is 2. The van der Waals surface area contributed by atoms with Crippen molar-refractivity contribution in [2.45, 2.75) is 6.92 Å². The van der Waals surface area contributed by atoms with Crippen molar-refractivity contribution in [1.29, 1.82) is 0 Å². The number of amides is 1. The van der Waals surface area contributed by atoms with Crippen LogP contribution in [0, 0.1) is 0 Å². The van der Waals surface area contributed by atoms with Crippen LogP contribution in [0.15, 0.2) is 59.7 Å². The molecule has 0 heterocycles. The fourth-order valence-electron chi connectivity index (χ4n) is 1.66. The Labute approximate surface area is 123 Å². The Morgan fingerprint density at radius 3 is 2.43 bits per heavy atom. The van der Waals surface area contributed by atoms with Crippen molar-refractivity contribution in [2.75, 3.05) is 11.9 Å². The maximum absolute atomic E-state index is 11.0. The summed E-state index contributed by atoms with van der Waals surface area (Å²) >= 11 is 0. The van der Waals surface area contributed by atoms with Crippen molar-refractivity contribution >= 4 is 23.7 Å². The highest BCUT2D eigenvalue weighted by molar-refractivity contribution is 5.81. The van der Waals surface area contributed by atoms with E-state index in [9.17, 15) is 4.79 Å². The quantitative estimate of drug-likeness (QED) is 0.652. The number of carbonyl (C=O) groups excluding carboxylic acids is 1. The Bertz CT molecular complexity index is 595. The summed E-state index contributed by atoms with van der Waals surface area (Å²) < 4.78 is 4.69. The number of hydrazone groups is 1. The van der Waals surface area contributed by atoms with E-state index in [0.717, 1.165) is 16.9 Å². The first kappa shape index (κ1) is 14.6. The lowest BCUT2D eigenvalue weighted by molar-refractivity contribution is 0.152. The molecule has 108 valence electrons. The first-order valence-corrected chi connectivity index (χ1v) is 6.66. The second kappa shape index (κ2) is 7.69. The lowest BCUT2D eigenvalue weighted by Crippen LogP contribution is -2.18. The highest BCUT2D eigenvalue weighted by atomic mass is 16.5. The molecule has 2 N–H and O–H groups in total. The normalized spacial score (nSPS) is 10.3. The van der Waals surface area contributed by atoms with Gasteiger partial charge >= 0.3 is 6.09 Å². The molecule has 0 saturated carbocycles. The highest BCUT2D eigenvalue weighted by Gasteiger charge is 1.96. The Kier molecular flexibility index (Phi) is 5.34. The van der Waals surface area contributed by atoms with E-state index in [2.05, 4.69) is 15.8 Å². The van der Waals surface area contributed by atoms with Crippen LogP contribution in [0.5, 0.6) is 0 Å². The average Bonchev–Trinajstić information content (AvgIpc) is 2.50. The average molecular weight is 283 g/mol. The van der Waals surface area contributed by atoms with Crippen LogP contribution in [0.25, 0.3) is 0 Å². The van der Waals surface area contributed by atoms with Gasteiger partial charge < -0.3 is 10.1 Å². The number of nitrogens with zero attached hydrogens (tertiary/aromatic N) is 1. The summed E-state index contributed by atoms with van der Waals surface area (Å²) in [6, 6.07) is 17.6. The van der Waals surface area contributed by atoms with Crippen LogP contribution >= 0.6 is 0 Å². The summed E-state index contributed by atoms with van der Waals surface area (Å²) in [5.41, 5.74) is 5.17. The molecule has 0 aliphatic heterocycles. The summed E-state index contributed by atoms with van der Waals surface area (Å²) in [6.45, 7) is 2.06. The van der Waals surface area contributed by atoms with Crippen LogP contribution in [0.1, 0.15) is 12.5 Å². The highest BCUT2D eigenvalue weighted by Crippen LogP contribution is 2.15. The molecule has 0 atom stereocenters. The van der Waals surface area contributed by atoms with Gasteiger partial charge in [0.25, 0.3) is 0 Å². The van der Waals surface area contributed by atoms with E-state index in [-0.39, 0.29) is 0 Å². The molecule has 2 aromatic carbocycles. The third kappa shape index (κ3) is 4.99. The molecule has 2 aromatic rings. The molecule has 0 bridgehead atoms. The van der Waals surface area contributed by atoms with Gasteiger partial charge in [-0.3, -0.25) is 0 Å². The molecule has 21 heavy (non-hydrogen) atoms. The summed E-state index contributed by atoms with van der Waals surface area (Å²) in [5.74, 6) is 0. The van der Waals surface area contributed by atoms with Gasteiger partial charge in [-0.05, 0) is 36.8 Å². The SMILES string of the molecule is CCOC(=O)N/N=C/c1ccc(Nc2ccccc2)cc1. The van der Waals surface area contributed by atoms with Crippen LogP contribution in [0.2, 0.25) is 0 Å². The summed E-state index contributed by atoms with van der Waals surface area (Å²) in [5, 5.41) is 7.09. The summed E-state index contributed by atoms with van der Waals surface area (Å²) in [4.78, 5) is 11.0. The number of para-hydroxylation sites is 1. The number of hydrogen-bond acceptors (Lipinski definition) is 4. The Balaban J connectivity index is 1.90. The molecule has 0 aliphatic carbocycles. The van der Waals surface area contributed by atoms with Gasteiger partial charge in [-0.25, -0.2) is 10.2 Å². The number of anilines is 2. The van der Waals surface area contributed by atoms with E-state index in [1.165, 1.54) is 0 Å². The van der Waals surface area contributed by atoms with Crippen molar-refractivity contribution in [1.82, 2.24) is 5.43 Å². The third-order valence-corrected chi connectivity index (χ3v) is 2.62. The Morgan fingerprint density at radius 1 is 1.10 bits per heavy atom. The third-order valence-electron chi connectivity index (χ3n) is 2.62. The second-order valence-corrected chi connectivity index (χ2v) is 4.20. The molecule has 0 spiro atoms. The maximum atomic E-state index is 11.0. The molecule has 0 radical (unpaired) electrons. The number of nitrogens with one attached hydrogen (secondary N) is 2. The van der Waals surface area contributed by atoms with Gasteiger partial charge in [-0.2, -0.15) is 5.10 Å². The van der Waals surface area contributed by atoms with Gasteiger partial charge in [0.15, 0.2) is 0 Å². The fourth-order valence-corrected chi connectivity index (χ4v) is 1.66. The van der Waals surface area contributed by atoms with Gasteiger partial charge in [0, 0.05) is 11.4 Å². The molecule has 1 amide bonds. The van der Waals surface area contributed by atoms with Gasteiger partial charge in [0.2, 0.25) is 0 Å². The van der Waals surface area contributed by atoms with Gasteiger partial charge in [-0.15, -0.1) is 0 Å². The lowest BCUT2D eigenvalue weighted by atomic mass is 10.2. The molecule has 0 unspecified atom stereocenters. The van der Waals surface area contributed by atoms with Gasteiger partial charge in [-0.1, -0.05) is 30.3 Å². The van der Waals surface area contributed by atoms with E-state index in [0.29, 0.717) is 6.61 Å². The minimum atomic E-state index is -0.559. The van der Waals surface area contributed by atoms with E-state index < -0.39 is 6.09 Å². The number of hydrogen-bond donors (Lipinski definition) is 2. The second-order valence-electron chi connectivity index (χ2n) is 4.20. The van der Waals surface area contributed by atoms with Gasteiger partial charge in [0.05, 0.1) is 12.8 Å². The topological polar surface area (TPSA) is 62.7 Å². The van der Waals surface area contributed by atoms with Crippen LogP contribution < -0.4 is 10.7 Å². The van der Waals surface area contributed by atoms with Crippen molar-refractivity contribution in [3.05, 3.63) is 60.2 Å². The fraction of sp³-hybridized carbons (Fsp3) is 0.125. The molecule has 0 aliphatic rings. The molecular weight excluding hydrogens is 266 g/mol. The zero-order chi connectivity index (χ0) is 14.9. The maximum Gasteiger partial charge on any atom is 0.427 e. The van der Waals surface area contributed by atoms with E-state index in [1.54, 1.807) is 13.1 Å². The summed E-state index contributed by atoms with van der Waals surface area (Å²) in [6.07, 6.45) is 1.000. The lowest BCUT2D eigenvalue weighted by Gasteiger charge is -2.06. The summed E-state index contributed by atoms with van der Waals surface area (Å²) in [7, 11) is 0. The molecule has 0 saturated heterocycles. The van der Waals surface area contributed by atoms with Gasteiger partial charge in [0.1, 0.15) is 0 Å². The first-order valence-electron chi connectivity index (χ1n) is 6.66. The molecule has 5 nitrogen and oxygen atoms in total. The van der Waals surface area contributed by atoms with Crippen LogP contribution in [0.4, 0.5) is 16.2 Å². The van der Waals surface area contributed by atoms with Crippen molar-refractivity contribution in [3.8, 4) is 0 Å². The minimum absolute atomic E-state index is 0.321. The van der Waals surface area contributed by atoms with E-state index >= 15 is 0 Å². The van der Waals surface area contributed by atoms with Crippen molar-refractivity contribution < 1.29 is 9.53 Å². The number of rotatable bonds is 5. The zero-order valence-electron chi connectivity index (χ0n) is 11.7. The molecule has 2 rings (SSSR count). The Hall–Kier alpha value is -2.82. The standard InChI is InChI=1S/C16H17N3O2/c1-2-21-16(20)19-17-12-13-8-10-15(11-9-13)18-14-6-4-3-5-7-14/h3-12,18H,2H2,1H3,(H,19,20)/b17-12+. The monoisotopic (exact) mass is 283 g/mol. The van der Waals surface area contributed by atoms with Crippen molar-refractivity contribution in [2.24, 2.45) is 5.10 Å². The molecule has 5 heteroatoms. The largest absolute Gasteiger partial charge is 0.449 e. The van der Waals surface area contributed by atoms with Crippen molar-refractivity contribution in [3.63, 3.8) is 0 Å². The van der Waals surface area contributed by atoms with Crippen LogP contribution in [0.3, 0.4) is 0 Å². The van der Waals surface area contributed by atoms with Crippen LogP contribution in [-0.4, -0.2) is 18.9 Å². The predicted molar refractivity (Wildman–Crippen MR) is 83.9 cm³/mol. The van der Waals surface area contributed by atoms with Crippen LogP contribution in [-0.2, 0) is 4.74 Å². The van der Waals surface area contributed by atoms with E-state index in [4.69, 9.17) is 4.74 Å². The predicted octanol–water partition coefficient (Wildman–Crippen LogP) is 3.51. The number of carbonyl (C=O) groups is 1. The molecule has 0 fully saturated rings. The first-order chi connectivity index (χ1) is 10.3. The Morgan fingerprint density at radius 2 is 1.76 bits per heavy atom. The molecule has 0 aromatic heterocycles. The number of ether oxygens (including phenoxy) is 1. The van der Waals surface area contributed by atoms with E-state index in [1.807, 2.05) is 54.6 Å².